The van der Waals surface area contributed by atoms with E-state index in [4.69, 9.17) is 0 Å². The van der Waals surface area contributed by atoms with Gasteiger partial charge in [-0.1, -0.05) is 0 Å². The van der Waals surface area contributed by atoms with Crippen LogP contribution in [0.4, 0.5) is 14.9 Å². The van der Waals surface area contributed by atoms with E-state index >= 15 is 0 Å². The highest BCUT2D eigenvalue weighted by Crippen LogP contribution is 2.25. The van der Waals surface area contributed by atoms with Crippen LogP contribution in [-0.4, -0.2) is 42.5 Å². The number of anilines is 1. The Kier molecular flexibility index (Phi) is 2.52. The minimum atomic E-state index is -0.434. The first-order valence-corrected chi connectivity index (χ1v) is 5.79. The standard InChI is InChI=1S/C12H12FN3O2/c13-8-1-3-9(4-2-8)16-11(17)10-7-14-5-6-15(10)12(16)18/h1-4,10,14H,5-7H2. The third kappa shape index (κ3) is 1.57. The van der Waals surface area contributed by atoms with Crippen molar-refractivity contribution in [1.82, 2.24) is 10.2 Å². The molecule has 0 bridgehead atoms. The van der Waals surface area contributed by atoms with Crippen molar-refractivity contribution < 1.29 is 14.0 Å². The second-order valence-electron chi connectivity index (χ2n) is 4.35. The number of hydrogen-bond donors (Lipinski definition) is 1. The normalized spacial score (nSPS) is 23.5. The molecular weight excluding hydrogens is 237 g/mol. The van der Waals surface area contributed by atoms with E-state index in [-0.39, 0.29) is 11.9 Å². The van der Waals surface area contributed by atoms with E-state index in [1.54, 1.807) is 4.90 Å². The monoisotopic (exact) mass is 249 g/mol. The molecule has 0 aromatic heterocycles. The van der Waals surface area contributed by atoms with Gasteiger partial charge in [0.25, 0.3) is 5.91 Å². The molecule has 18 heavy (non-hydrogen) atoms. The van der Waals surface area contributed by atoms with Crippen LogP contribution >= 0.6 is 0 Å². The molecule has 1 unspecified atom stereocenters. The predicted octanol–water partition coefficient (Wildman–Crippen LogP) is 0.566. The highest BCUT2D eigenvalue weighted by atomic mass is 19.1. The Hall–Kier alpha value is -1.95. The van der Waals surface area contributed by atoms with Crippen LogP contribution in [0, 0.1) is 5.82 Å². The molecule has 6 heteroatoms. The molecule has 1 aromatic rings. The number of benzene rings is 1. The summed E-state index contributed by atoms with van der Waals surface area (Å²) in [6.45, 7) is 1.68. The van der Waals surface area contributed by atoms with Crippen molar-refractivity contribution in [3.63, 3.8) is 0 Å². The smallest absolute Gasteiger partial charge is 0.312 e. The molecule has 2 saturated heterocycles. The van der Waals surface area contributed by atoms with Crippen molar-refractivity contribution in [3.05, 3.63) is 30.1 Å². The first-order chi connectivity index (χ1) is 8.68. The van der Waals surface area contributed by atoms with Gasteiger partial charge in [0, 0.05) is 19.6 Å². The molecule has 3 amide bonds. The number of urea groups is 1. The largest absolute Gasteiger partial charge is 0.332 e. The Bertz CT molecular complexity index is 479. The summed E-state index contributed by atoms with van der Waals surface area (Å²) in [6, 6.07) is 4.61. The Morgan fingerprint density at radius 3 is 2.61 bits per heavy atom. The Labute approximate surface area is 103 Å². The van der Waals surface area contributed by atoms with E-state index in [0.717, 1.165) is 4.90 Å². The van der Waals surface area contributed by atoms with Crippen molar-refractivity contribution in [3.8, 4) is 0 Å². The number of piperazine rings is 1. The van der Waals surface area contributed by atoms with Crippen LogP contribution in [0.1, 0.15) is 0 Å². The number of amides is 3. The fourth-order valence-electron chi connectivity index (χ4n) is 2.35. The number of fused-ring (bicyclic) bond motifs is 1. The van der Waals surface area contributed by atoms with Crippen LogP contribution in [0.5, 0.6) is 0 Å². The summed E-state index contributed by atoms with van der Waals surface area (Å²) in [6.07, 6.45) is 0. The fourth-order valence-corrected chi connectivity index (χ4v) is 2.35. The molecular formula is C12H12FN3O2. The van der Waals surface area contributed by atoms with Gasteiger partial charge in [-0.3, -0.25) is 4.79 Å². The molecule has 2 aliphatic heterocycles. The lowest BCUT2D eigenvalue weighted by Crippen LogP contribution is -2.51. The molecule has 3 rings (SSSR count). The highest BCUT2D eigenvalue weighted by Gasteiger charge is 2.46. The molecule has 1 N–H and O–H groups in total. The summed E-state index contributed by atoms with van der Waals surface area (Å²) in [4.78, 5) is 27.0. The maximum atomic E-state index is 12.9. The molecule has 1 atom stereocenters. The van der Waals surface area contributed by atoms with Crippen molar-refractivity contribution in [2.24, 2.45) is 0 Å². The maximum absolute atomic E-state index is 12.9. The van der Waals surface area contributed by atoms with Crippen LogP contribution in [0.25, 0.3) is 0 Å². The van der Waals surface area contributed by atoms with Gasteiger partial charge in [0.2, 0.25) is 0 Å². The van der Waals surface area contributed by atoms with Crippen molar-refractivity contribution in [2.75, 3.05) is 24.5 Å². The predicted molar refractivity (Wildman–Crippen MR) is 62.6 cm³/mol. The average Bonchev–Trinajstić information content (AvgIpc) is 2.64. The lowest BCUT2D eigenvalue weighted by Gasteiger charge is -2.26. The van der Waals surface area contributed by atoms with Gasteiger partial charge in [-0.15, -0.1) is 0 Å². The van der Waals surface area contributed by atoms with E-state index in [1.807, 2.05) is 0 Å². The zero-order valence-corrected chi connectivity index (χ0v) is 9.60. The first kappa shape index (κ1) is 11.2. The second-order valence-corrected chi connectivity index (χ2v) is 4.35. The van der Waals surface area contributed by atoms with E-state index < -0.39 is 11.9 Å². The van der Waals surface area contributed by atoms with Gasteiger partial charge >= 0.3 is 6.03 Å². The maximum Gasteiger partial charge on any atom is 0.332 e. The van der Waals surface area contributed by atoms with Crippen molar-refractivity contribution in [1.29, 1.82) is 0 Å². The summed E-state index contributed by atoms with van der Waals surface area (Å²) >= 11 is 0. The summed E-state index contributed by atoms with van der Waals surface area (Å²) in [5.41, 5.74) is 0.417. The van der Waals surface area contributed by atoms with Gasteiger partial charge < -0.3 is 10.2 Å². The molecule has 2 aliphatic rings. The average molecular weight is 249 g/mol. The molecule has 5 nitrogen and oxygen atoms in total. The van der Waals surface area contributed by atoms with E-state index in [2.05, 4.69) is 5.32 Å². The quantitative estimate of drug-likeness (QED) is 0.740. The third-order valence-electron chi connectivity index (χ3n) is 3.27. The number of halogens is 1. The molecule has 1 aromatic carbocycles. The van der Waals surface area contributed by atoms with E-state index in [1.165, 1.54) is 24.3 Å². The zero-order valence-electron chi connectivity index (χ0n) is 9.60. The number of imide groups is 1. The van der Waals surface area contributed by atoms with Crippen molar-refractivity contribution >= 4 is 17.6 Å². The Morgan fingerprint density at radius 2 is 1.94 bits per heavy atom. The molecule has 0 saturated carbocycles. The number of nitrogens with one attached hydrogen (secondary N) is 1. The lowest BCUT2D eigenvalue weighted by molar-refractivity contribution is -0.120. The minimum absolute atomic E-state index is 0.251. The topological polar surface area (TPSA) is 52.7 Å². The first-order valence-electron chi connectivity index (χ1n) is 5.79. The Morgan fingerprint density at radius 1 is 1.22 bits per heavy atom. The van der Waals surface area contributed by atoms with Gasteiger partial charge in [0.15, 0.2) is 0 Å². The summed E-state index contributed by atoms with van der Waals surface area (Å²) in [5, 5.41) is 3.09. The van der Waals surface area contributed by atoms with Crippen LogP contribution in [-0.2, 0) is 4.79 Å². The molecule has 0 radical (unpaired) electrons. The van der Waals surface area contributed by atoms with E-state index in [0.29, 0.717) is 25.3 Å². The number of rotatable bonds is 1. The summed E-state index contributed by atoms with van der Waals surface area (Å²) < 4.78 is 12.9. The number of carbonyl (C=O) groups excluding carboxylic acids is 2. The highest BCUT2D eigenvalue weighted by molar-refractivity contribution is 6.21. The van der Waals surface area contributed by atoms with E-state index in [9.17, 15) is 14.0 Å². The van der Waals surface area contributed by atoms with Crippen LogP contribution < -0.4 is 10.2 Å². The number of carbonyl (C=O) groups is 2. The zero-order chi connectivity index (χ0) is 12.7. The van der Waals surface area contributed by atoms with Crippen molar-refractivity contribution in [2.45, 2.75) is 6.04 Å². The third-order valence-corrected chi connectivity index (χ3v) is 3.27. The minimum Gasteiger partial charge on any atom is -0.312 e. The van der Waals surface area contributed by atoms with Gasteiger partial charge in [0.1, 0.15) is 11.9 Å². The van der Waals surface area contributed by atoms with Gasteiger partial charge in [-0.05, 0) is 24.3 Å². The molecule has 2 heterocycles. The van der Waals surface area contributed by atoms with Gasteiger partial charge in [-0.2, -0.15) is 0 Å². The number of nitrogens with zero attached hydrogens (tertiary/aromatic N) is 2. The molecule has 0 spiro atoms. The fraction of sp³-hybridized carbons (Fsp3) is 0.333. The van der Waals surface area contributed by atoms with Gasteiger partial charge in [0.05, 0.1) is 5.69 Å². The summed E-state index contributed by atoms with van der Waals surface area (Å²) in [7, 11) is 0. The van der Waals surface area contributed by atoms with Crippen LogP contribution in [0.2, 0.25) is 0 Å². The molecule has 94 valence electrons. The van der Waals surface area contributed by atoms with Gasteiger partial charge in [-0.25, -0.2) is 14.1 Å². The second kappa shape index (κ2) is 4.06. The molecule has 0 aliphatic carbocycles. The Balaban J connectivity index is 1.95. The van der Waals surface area contributed by atoms with Crippen LogP contribution in [0.15, 0.2) is 24.3 Å². The SMILES string of the molecule is O=C1C2CNCCN2C(=O)N1c1ccc(F)cc1. The molecule has 2 fully saturated rings. The summed E-state index contributed by atoms with van der Waals surface area (Å²) in [5.74, 6) is -0.643. The lowest BCUT2D eigenvalue weighted by atomic mass is 10.2. The van der Waals surface area contributed by atoms with Crippen LogP contribution in [0.3, 0.4) is 0 Å². The number of hydrogen-bond acceptors (Lipinski definition) is 3.